The van der Waals surface area contributed by atoms with E-state index in [1.54, 1.807) is 26.0 Å². The molecule has 1 fully saturated rings. The number of aryl methyl sites for hydroxylation is 2. The molecule has 0 aromatic heterocycles. The van der Waals surface area contributed by atoms with Crippen LogP contribution >= 0.6 is 0 Å². The van der Waals surface area contributed by atoms with Gasteiger partial charge >= 0.3 is 0 Å². The average Bonchev–Trinajstić information content (AvgIpc) is 2.36. The fraction of sp³-hybridized carbons (Fsp3) is 0.538. The molecule has 2 rings (SSSR count). The van der Waals surface area contributed by atoms with Crippen molar-refractivity contribution in [2.24, 2.45) is 0 Å². The number of rotatable bonds is 4. The van der Waals surface area contributed by atoms with Gasteiger partial charge in [0.15, 0.2) is 0 Å². The number of anilines is 1. The molecule has 1 aromatic rings. The molecule has 0 bridgehead atoms. The van der Waals surface area contributed by atoms with Crippen molar-refractivity contribution in [3.05, 3.63) is 23.3 Å². The van der Waals surface area contributed by atoms with Gasteiger partial charge in [0, 0.05) is 6.54 Å². The lowest BCUT2D eigenvalue weighted by atomic mass is 10.1. The maximum Gasteiger partial charge on any atom is 0.262 e. The predicted molar refractivity (Wildman–Crippen MR) is 83.6 cm³/mol. The first-order valence-corrected chi connectivity index (χ1v) is 9.95. The van der Waals surface area contributed by atoms with Crippen LogP contribution in [0.25, 0.3) is 0 Å². The van der Waals surface area contributed by atoms with E-state index in [2.05, 4.69) is 4.84 Å². The Bertz CT molecular complexity index is 749. The lowest BCUT2D eigenvalue weighted by molar-refractivity contribution is 0.153. The highest BCUT2D eigenvalue weighted by Crippen LogP contribution is 2.30. The number of nitrogens with one attached hydrogen (secondary N) is 1. The van der Waals surface area contributed by atoms with Gasteiger partial charge in [-0.15, -0.1) is 0 Å². The topological polar surface area (TPSA) is 92.8 Å². The number of sulfonamides is 2. The molecule has 1 saturated heterocycles. The van der Waals surface area contributed by atoms with E-state index in [0.717, 1.165) is 6.42 Å². The minimum atomic E-state index is -3.79. The van der Waals surface area contributed by atoms with E-state index in [-0.39, 0.29) is 10.6 Å². The predicted octanol–water partition coefficient (Wildman–Crippen LogP) is 1.07. The molecule has 0 radical (unpaired) electrons. The summed E-state index contributed by atoms with van der Waals surface area (Å²) >= 11 is 0. The van der Waals surface area contributed by atoms with E-state index in [0.29, 0.717) is 29.8 Å². The molecule has 22 heavy (non-hydrogen) atoms. The normalized spacial score (nSPS) is 18.4. The number of benzene rings is 1. The van der Waals surface area contributed by atoms with Crippen LogP contribution in [0.4, 0.5) is 5.69 Å². The van der Waals surface area contributed by atoms with Crippen molar-refractivity contribution in [2.45, 2.75) is 31.6 Å². The highest BCUT2D eigenvalue weighted by molar-refractivity contribution is 7.92. The Balaban J connectivity index is 2.51. The second-order valence-corrected chi connectivity index (χ2v) is 8.89. The van der Waals surface area contributed by atoms with Gasteiger partial charge in [-0.2, -0.15) is 0 Å². The molecule has 1 aliphatic rings. The van der Waals surface area contributed by atoms with E-state index in [1.807, 2.05) is 4.89 Å². The zero-order valence-electron chi connectivity index (χ0n) is 12.8. The van der Waals surface area contributed by atoms with Crippen molar-refractivity contribution < 1.29 is 21.7 Å². The summed E-state index contributed by atoms with van der Waals surface area (Å²) in [7, 11) is -5.89. The fourth-order valence-corrected chi connectivity index (χ4v) is 5.62. The van der Waals surface area contributed by atoms with Crippen LogP contribution in [0.5, 0.6) is 0 Å². The molecule has 1 heterocycles. The van der Waals surface area contributed by atoms with Crippen molar-refractivity contribution in [1.82, 2.24) is 4.89 Å². The lowest BCUT2D eigenvalue weighted by Gasteiger charge is -2.29. The second-order valence-electron chi connectivity index (χ2n) is 5.29. The van der Waals surface area contributed by atoms with Crippen molar-refractivity contribution >= 4 is 25.7 Å². The Labute approximate surface area is 131 Å². The molecular formula is C13H20N2O5S2. The standard InChI is InChI=1S/C13H20N2O5S2/c1-10-8-12(15-6-4-5-7-21(15,16)17)9-11(2)13(10)22(18,19)14-20-3/h8-9,14H,4-7H2,1-3H3. The van der Waals surface area contributed by atoms with Crippen LogP contribution in [0, 0.1) is 13.8 Å². The third-order valence-corrected chi connectivity index (χ3v) is 6.98. The monoisotopic (exact) mass is 348 g/mol. The first-order valence-electron chi connectivity index (χ1n) is 6.85. The van der Waals surface area contributed by atoms with Crippen LogP contribution < -0.4 is 9.19 Å². The van der Waals surface area contributed by atoms with E-state index in [1.165, 1.54) is 11.4 Å². The molecule has 7 nitrogen and oxygen atoms in total. The minimum Gasteiger partial charge on any atom is -0.290 e. The van der Waals surface area contributed by atoms with E-state index in [4.69, 9.17) is 0 Å². The van der Waals surface area contributed by atoms with Crippen LogP contribution in [0.3, 0.4) is 0 Å². The molecule has 1 N–H and O–H groups in total. The molecular weight excluding hydrogens is 328 g/mol. The molecule has 0 amide bonds. The fourth-order valence-electron chi connectivity index (χ4n) is 2.73. The van der Waals surface area contributed by atoms with Crippen LogP contribution in [-0.4, -0.2) is 36.2 Å². The molecule has 0 unspecified atom stereocenters. The minimum absolute atomic E-state index is 0.104. The highest BCUT2D eigenvalue weighted by Gasteiger charge is 2.28. The van der Waals surface area contributed by atoms with E-state index >= 15 is 0 Å². The average molecular weight is 348 g/mol. The molecule has 1 aliphatic heterocycles. The summed E-state index contributed by atoms with van der Waals surface area (Å²) in [5.74, 6) is 0.121. The van der Waals surface area contributed by atoms with Crippen molar-refractivity contribution in [2.75, 3.05) is 23.7 Å². The Hall–Kier alpha value is -1.16. The van der Waals surface area contributed by atoms with E-state index in [9.17, 15) is 16.8 Å². The maximum absolute atomic E-state index is 12.2. The molecule has 0 atom stereocenters. The summed E-state index contributed by atoms with van der Waals surface area (Å²) in [5, 5.41) is 0. The summed E-state index contributed by atoms with van der Waals surface area (Å²) in [6.45, 7) is 3.69. The maximum atomic E-state index is 12.2. The summed E-state index contributed by atoms with van der Waals surface area (Å²) in [6.07, 6.45) is 1.45. The van der Waals surface area contributed by atoms with Crippen LogP contribution in [-0.2, 0) is 24.9 Å². The molecule has 0 aliphatic carbocycles. The van der Waals surface area contributed by atoms with Crippen LogP contribution in [0.15, 0.2) is 17.0 Å². The van der Waals surface area contributed by atoms with Gasteiger partial charge in [0.05, 0.1) is 23.4 Å². The SMILES string of the molecule is CONS(=O)(=O)c1c(C)cc(N2CCCCS2(=O)=O)cc1C. The van der Waals surface area contributed by atoms with Crippen molar-refractivity contribution in [3.63, 3.8) is 0 Å². The first-order chi connectivity index (χ1) is 10.2. The number of hydrogen-bond acceptors (Lipinski definition) is 5. The van der Waals surface area contributed by atoms with Crippen LogP contribution in [0.2, 0.25) is 0 Å². The zero-order chi connectivity index (χ0) is 16.5. The van der Waals surface area contributed by atoms with Crippen molar-refractivity contribution in [3.8, 4) is 0 Å². The quantitative estimate of drug-likeness (QED) is 0.822. The zero-order valence-corrected chi connectivity index (χ0v) is 14.4. The summed E-state index contributed by atoms with van der Waals surface area (Å²) in [5.41, 5.74) is 1.45. The molecule has 0 saturated carbocycles. The Kier molecular flexibility index (Phi) is 4.81. The summed E-state index contributed by atoms with van der Waals surface area (Å²) in [6, 6.07) is 3.17. The van der Waals surface area contributed by atoms with Gasteiger partial charge in [0.1, 0.15) is 0 Å². The Morgan fingerprint density at radius 3 is 2.27 bits per heavy atom. The summed E-state index contributed by atoms with van der Waals surface area (Å²) < 4.78 is 49.9. The van der Waals surface area contributed by atoms with Gasteiger partial charge in [0.25, 0.3) is 10.0 Å². The first kappa shape index (κ1) is 17.2. The van der Waals surface area contributed by atoms with Gasteiger partial charge < -0.3 is 0 Å². The molecule has 124 valence electrons. The number of hydrogen-bond donors (Lipinski definition) is 1. The van der Waals surface area contributed by atoms with Gasteiger partial charge in [-0.05, 0) is 49.9 Å². The van der Waals surface area contributed by atoms with Gasteiger partial charge in [-0.25, -0.2) is 16.8 Å². The smallest absolute Gasteiger partial charge is 0.262 e. The highest BCUT2D eigenvalue weighted by atomic mass is 32.2. The lowest BCUT2D eigenvalue weighted by Crippen LogP contribution is -2.38. The third kappa shape index (κ3) is 3.27. The van der Waals surface area contributed by atoms with Crippen molar-refractivity contribution in [1.29, 1.82) is 0 Å². The molecule has 1 aromatic carbocycles. The Morgan fingerprint density at radius 2 is 1.77 bits per heavy atom. The van der Waals surface area contributed by atoms with E-state index < -0.39 is 20.0 Å². The molecule has 9 heteroatoms. The van der Waals surface area contributed by atoms with Gasteiger partial charge in [-0.1, -0.05) is 4.89 Å². The van der Waals surface area contributed by atoms with Gasteiger partial charge in [-0.3, -0.25) is 9.14 Å². The summed E-state index contributed by atoms with van der Waals surface area (Å²) in [4.78, 5) is 6.59. The van der Waals surface area contributed by atoms with Crippen LogP contribution in [0.1, 0.15) is 24.0 Å². The number of nitrogens with zero attached hydrogens (tertiary/aromatic N) is 1. The second kappa shape index (κ2) is 6.15. The Morgan fingerprint density at radius 1 is 1.18 bits per heavy atom. The van der Waals surface area contributed by atoms with Gasteiger partial charge in [0.2, 0.25) is 10.0 Å². The third-order valence-electron chi connectivity index (χ3n) is 3.54. The molecule has 0 spiro atoms. The largest absolute Gasteiger partial charge is 0.290 e.